The zero-order valence-corrected chi connectivity index (χ0v) is 22.9. The van der Waals surface area contributed by atoms with Gasteiger partial charge in [0, 0.05) is 15.3 Å². The lowest BCUT2D eigenvalue weighted by atomic mass is 9.83. The highest BCUT2D eigenvalue weighted by Crippen LogP contribution is 2.53. The van der Waals surface area contributed by atoms with Gasteiger partial charge in [0.25, 0.3) is 0 Å². The molecule has 0 bridgehead atoms. The summed E-state index contributed by atoms with van der Waals surface area (Å²) >= 11 is 5.62. The Bertz CT molecular complexity index is 1440. The molecular formula is C25H21BrN2O7S2. The number of fused-ring (bicyclic) bond motifs is 2. The fraction of sp³-hybridized carbons (Fsp3) is 0.280. The summed E-state index contributed by atoms with van der Waals surface area (Å²) in [5.74, 6) is -1.78. The van der Waals surface area contributed by atoms with E-state index in [1.54, 1.807) is 49.4 Å². The van der Waals surface area contributed by atoms with Crippen molar-refractivity contribution in [2.24, 2.45) is 5.92 Å². The predicted molar refractivity (Wildman–Crippen MR) is 142 cm³/mol. The van der Waals surface area contributed by atoms with Crippen LogP contribution in [0.4, 0.5) is 5.69 Å². The molecule has 3 aromatic rings. The van der Waals surface area contributed by atoms with Gasteiger partial charge in [0.1, 0.15) is 5.25 Å². The molecule has 192 valence electrons. The van der Waals surface area contributed by atoms with Crippen LogP contribution in [-0.4, -0.2) is 48.3 Å². The molecule has 2 aliphatic heterocycles. The molecule has 9 nitrogen and oxygen atoms in total. The minimum absolute atomic E-state index is 0.242. The van der Waals surface area contributed by atoms with Gasteiger partial charge in [-0.15, -0.1) is 0 Å². The van der Waals surface area contributed by atoms with Gasteiger partial charge in [-0.05, 0) is 48.9 Å². The topological polar surface area (TPSA) is 115 Å². The minimum Gasteiger partial charge on any atom is -0.493 e. The number of rotatable bonds is 7. The first kappa shape index (κ1) is 25.6. The fourth-order valence-electron chi connectivity index (χ4n) is 4.56. The first-order chi connectivity index (χ1) is 17.8. The molecule has 1 saturated heterocycles. The second-order valence-electron chi connectivity index (χ2n) is 8.24. The average Bonchev–Trinajstić information content (AvgIpc) is 3.38. The number of anilines is 1. The van der Waals surface area contributed by atoms with Crippen LogP contribution in [0.2, 0.25) is 0 Å². The van der Waals surface area contributed by atoms with Crippen LogP contribution in [0.15, 0.2) is 56.8 Å². The summed E-state index contributed by atoms with van der Waals surface area (Å²) in [6.45, 7) is 1.67. The maximum atomic E-state index is 13.8. The van der Waals surface area contributed by atoms with Gasteiger partial charge in [-0.3, -0.25) is 14.4 Å². The molecular weight excluding hydrogens is 584 g/mol. The average molecular weight is 605 g/mol. The molecule has 5 rings (SSSR count). The Morgan fingerprint density at radius 2 is 1.84 bits per heavy atom. The monoisotopic (exact) mass is 604 g/mol. The van der Waals surface area contributed by atoms with Crippen LogP contribution in [0.5, 0.6) is 11.5 Å². The van der Waals surface area contributed by atoms with Crippen LogP contribution < -0.4 is 19.2 Å². The van der Waals surface area contributed by atoms with Crippen LogP contribution in [-0.2, 0) is 19.1 Å². The highest BCUT2D eigenvalue weighted by Gasteiger charge is 2.56. The minimum atomic E-state index is -0.726. The number of methoxy groups -OCH3 is 1. The van der Waals surface area contributed by atoms with Gasteiger partial charge >= 0.3 is 10.8 Å². The summed E-state index contributed by atoms with van der Waals surface area (Å²) in [4.78, 5) is 55.8. The van der Waals surface area contributed by atoms with Crippen molar-refractivity contribution in [3.8, 4) is 11.5 Å². The molecule has 0 aliphatic carbocycles. The van der Waals surface area contributed by atoms with Crippen LogP contribution in [0.25, 0.3) is 0 Å². The Hall–Kier alpha value is -3.09. The third-order valence-electron chi connectivity index (χ3n) is 6.11. The van der Waals surface area contributed by atoms with E-state index in [9.17, 15) is 19.2 Å². The number of ether oxygens (including phenoxy) is 3. The van der Waals surface area contributed by atoms with E-state index in [0.29, 0.717) is 32.7 Å². The van der Waals surface area contributed by atoms with Gasteiger partial charge in [0.05, 0.1) is 30.3 Å². The number of amides is 2. The molecule has 2 aromatic carbocycles. The van der Waals surface area contributed by atoms with Crippen LogP contribution >= 0.6 is 39.0 Å². The van der Waals surface area contributed by atoms with Crippen molar-refractivity contribution in [2.75, 3.05) is 25.2 Å². The molecule has 2 aliphatic rings. The number of halogens is 1. The van der Waals surface area contributed by atoms with E-state index in [0.717, 1.165) is 15.8 Å². The van der Waals surface area contributed by atoms with Crippen LogP contribution in [0.3, 0.4) is 0 Å². The normalized spacial score (nSPS) is 20.4. The Morgan fingerprint density at radius 1 is 1.08 bits per heavy atom. The highest BCUT2D eigenvalue weighted by atomic mass is 79.9. The summed E-state index contributed by atoms with van der Waals surface area (Å²) in [6, 6.07) is 12.1. The number of hydrogen-bond acceptors (Lipinski definition) is 9. The largest absolute Gasteiger partial charge is 0.493 e. The fourth-order valence-corrected chi connectivity index (χ4v) is 7.34. The van der Waals surface area contributed by atoms with E-state index in [2.05, 4.69) is 20.9 Å². The number of thiazole rings is 1. The second kappa shape index (κ2) is 10.3. The van der Waals surface area contributed by atoms with E-state index in [-0.39, 0.29) is 29.9 Å². The number of nitrogens with one attached hydrogen (secondary N) is 1. The van der Waals surface area contributed by atoms with Gasteiger partial charge in [-0.25, -0.2) is 9.69 Å². The first-order valence-electron chi connectivity index (χ1n) is 11.3. The zero-order chi connectivity index (χ0) is 26.3. The molecule has 37 heavy (non-hydrogen) atoms. The maximum Gasteiger partial charge on any atom is 0.344 e. The van der Waals surface area contributed by atoms with Crippen LogP contribution in [0.1, 0.15) is 23.3 Å². The predicted octanol–water partition coefficient (Wildman–Crippen LogP) is 3.95. The van der Waals surface area contributed by atoms with Crippen molar-refractivity contribution < 1.29 is 28.6 Å². The van der Waals surface area contributed by atoms with Crippen molar-refractivity contribution in [2.45, 2.75) is 23.1 Å². The lowest BCUT2D eigenvalue weighted by molar-refractivity contribution is -0.145. The summed E-state index contributed by atoms with van der Waals surface area (Å²) < 4.78 is 16.8. The molecule has 1 N–H and O–H groups in total. The van der Waals surface area contributed by atoms with Crippen LogP contribution in [0, 0.1) is 5.92 Å². The molecule has 3 heterocycles. The number of aromatic amines is 1. The number of aromatic nitrogens is 1. The number of imide groups is 1. The van der Waals surface area contributed by atoms with Crippen molar-refractivity contribution in [3.63, 3.8) is 0 Å². The molecule has 1 aromatic heterocycles. The van der Waals surface area contributed by atoms with Gasteiger partial charge < -0.3 is 19.2 Å². The Morgan fingerprint density at radius 3 is 2.54 bits per heavy atom. The molecule has 1 fully saturated rings. The van der Waals surface area contributed by atoms with Gasteiger partial charge in [-0.1, -0.05) is 45.1 Å². The maximum absolute atomic E-state index is 13.8. The molecule has 0 spiro atoms. The summed E-state index contributed by atoms with van der Waals surface area (Å²) in [7, 11) is 1.47. The smallest absolute Gasteiger partial charge is 0.344 e. The van der Waals surface area contributed by atoms with E-state index < -0.39 is 23.1 Å². The summed E-state index contributed by atoms with van der Waals surface area (Å²) in [5, 5.41) is -0.119. The quantitative estimate of drug-likeness (QED) is 0.318. The number of nitrogens with zero attached hydrogens (tertiary/aromatic N) is 1. The number of esters is 1. The molecule has 3 atom stereocenters. The standard InChI is InChI=1S/C25H21BrN2O7S2/c1-3-34-17(29)11-35-15-9-4-12(10-16(15)33-2)18-19-21(36-22-20(18)37-25(32)27-22)24(31)28(23(19)30)14-7-5-13(26)6-8-14/h4-10,18-19,21H,3,11H2,1-2H3,(H,27,32). The lowest BCUT2D eigenvalue weighted by Gasteiger charge is -2.30. The molecule has 12 heteroatoms. The SMILES string of the molecule is CCOC(=O)COc1ccc(C2c3sc(=O)[nH]c3SC3C(=O)N(c4ccc(Br)cc4)C(=O)C32)cc1OC. The van der Waals surface area contributed by atoms with Crippen molar-refractivity contribution >= 4 is 62.5 Å². The van der Waals surface area contributed by atoms with E-state index >= 15 is 0 Å². The van der Waals surface area contributed by atoms with E-state index in [4.69, 9.17) is 14.2 Å². The number of carbonyl (C=O) groups is 3. The Kier molecular flexibility index (Phi) is 7.15. The van der Waals surface area contributed by atoms with Gasteiger partial charge in [0.15, 0.2) is 18.1 Å². The van der Waals surface area contributed by atoms with E-state index in [1.807, 2.05) is 0 Å². The summed E-state index contributed by atoms with van der Waals surface area (Å²) in [6.07, 6.45) is 0. The third-order valence-corrected chi connectivity index (χ3v) is 9.04. The number of carbonyl (C=O) groups excluding carboxylic acids is 3. The number of hydrogen-bond donors (Lipinski definition) is 1. The Balaban J connectivity index is 1.54. The van der Waals surface area contributed by atoms with Crippen molar-refractivity contribution in [3.05, 3.63) is 67.0 Å². The third kappa shape index (κ3) is 4.69. The number of benzene rings is 2. The van der Waals surface area contributed by atoms with Gasteiger partial charge in [-0.2, -0.15) is 0 Å². The first-order valence-corrected chi connectivity index (χ1v) is 13.8. The van der Waals surface area contributed by atoms with Crippen molar-refractivity contribution in [1.29, 1.82) is 0 Å². The van der Waals surface area contributed by atoms with Gasteiger partial charge in [0.2, 0.25) is 11.8 Å². The molecule has 0 saturated carbocycles. The van der Waals surface area contributed by atoms with Crippen molar-refractivity contribution in [1.82, 2.24) is 4.98 Å². The summed E-state index contributed by atoms with van der Waals surface area (Å²) in [5.41, 5.74) is 1.18. The number of H-pyrrole nitrogens is 1. The lowest BCUT2D eigenvalue weighted by Crippen LogP contribution is -2.32. The molecule has 0 radical (unpaired) electrons. The molecule has 3 unspecified atom stereocenters. The second-order valence-corrected chi connectivity index (χ2v) is 11.3. The van der Waals surface area contributed by atoms with E-state index in [1.165, 1.54) is 23.8 Å². The number of thioether (sulfide) groups is 1. The Labute approximate surface area is 228 Å². The highest BCUT2D eigenvalue weighted by molar-refractivity contribution is 9.10. The zero-order valence-electron chi connectivity index (χ0n) is 19.7. The molecule has 2 amide bonds.